The Morgan fingerprint density at radius 3 is 2.17 bits per heavy atom. The highest BCUT2D eigenvalue weighted by Crippen LogP contribution is 2.17. The summed E-state index contributed by atoms with van der Waals surface area (Å²) in [4.78, 5) is 0. The van der Waals surface area contributed by atoms with Gasteiger partial charge < -0.3 is 10.5 Å². The van der Waals surface area contributed by atoms with Crippen LogP contribution in [0.5, 0.6) is 5.75 Å². The van der Waals surface area contributed by atoms with Gasteiger partial charge in [-0.25, -0.2) is 0 Å². The molecule has 0 fully saturated rings. The maximum Gasteiger partial charge on any atom is 0.119 e. The van der Waals surface area contributed by atoms with Gasteiger partial charge in [-0.2, -0.15) is 0 Å². The smallest absolute Gasteiger partial charge is 0.119 e. The van der Waals surface area contributed by atoms with Gasteiger partial charge in [0, 0.05) is 6.04 Å². The second-order valence-electron chi connectivity index (χ2n) is 4.13. The van der Waals surface area contributed by atoms with E-state index >= 15 is 0 Å². The predicted molar refractivity (Wildman–Crippen MR) is 77.1 cm³/mol. The van der Waals surface area contributed by atoms with Gasteiger partial charge in [-0.05, 0) is 30.2 Å². The molecule has 96 valence electrons. The SMILES string of the molecule is C[C@@H](N)c1ccc(OCc2ccccc2)cc1.Cl. The minimum absolute atomic E-state index is 0. The van der Waals surface area contributed by atoms with Crippen LogP contribution in [-0.4, -0.2) is 0 Å². The molecule has 2 rings (SSSR count). The van der Waals surface area contributed by atoms with Crippen LogP contribution in [0.1, 0.15) is 24.1 Å². The van der Waals surface area contributed by atoms with Crippen LogP contribution in [0.15, 0.2) is 54.6 Å². The predicted octanol–water partition coefficient (Wildman–Crippen LogP) is 3.71. The van der Waals surface area contributed by atoms with E-state index in [4.69, 9.17) is 10.5 Å². The number of hydrogen-bond donors (Lipinski definition) is 1. The van der Waals surface area contributed by atoms with E-state index in [0.717, 1.165) is 11.3 Å². The molecule has 1 atom stereocenters. The Morgan fingerprint density at radius 2 is 1.61 bits per heavy atom. The summed E-state index contributed by atoms with van der Waals surface area (Å²) in [6, 6.07) is 18.1. The summed E-state index contributed by atoms with van der Waals surface area (Å²) < 4.78 is 5.69. The summed E-state index contributed by atoms with van der Waals surface area (Å²) in [6.07, 6.45) is 0. The van der Waals surface area contributed by atoms with E-state index in [9.17, 15) is 0 Å². The lowest BCUT2D eigenvalue weighted by Crippen LogP contribution is -2.04. The van der Waals surface area contributed by atoms with Gasteiger partial charge in [0.2, 0.25) is 0 Å². The molecule has 2 N–H and O–H groups in total. The van der Waals surface area contributed by atoms with Crippen molar-refractivity contribution in [2.45, 2.75) is 19.6 Å². The Labute approximate surface area is 114 Å². The Kier molecular flexibility index (Phi) is 5.69. The lowest BCUT2D eigenvalue weighted by molar-refractivity contribution is 0.306. The van der Waals surface area contributed by atoms with Gasteiger partial charge in [0.15, 0.2) is 0 Å². The Balaban J connectivity index is 0.00000162. The molecule has 0 saturated heterocycles. The van der Waals surface area contributed by atoms with Gasteiger partial charge in [-0.15, -0.1) is 12.4 Å². The summed E-state index contributed by atoms with van der Waals surface area (Å²) in [7, 11) is 0. The Bertz CT molecular complexity index is 454. The Hall–Kier alpha value is -1.51. The maximum absolute atomic E-state index is 5.79. The molecule has 0 saturated carbocycles. The quantitative estimate of drug-likeness (QED) is 0.913. The largest absolute Gasteiger partial charge is 0.489 e. The highest BCUT2D eigenvalue weighted by atomic mass is 35.5. The van der Waals surface area contributed by atoms with Gasteiger partial charge in [0.05, 0.1) is 0 Å². The molecule has 0 aliphatic carbocycles. The molecule has 3 heteroatoms. The molecule has 0 amide bonds. The summed E-state index contributed by atoms with van der Waals surface area (Å²) in [6.45, 7) is 2.57. The molecule has 2 aromatic carbocycles. The zero-order valence-electron chi connectivity index (χ0n) is 10.4. The van der Waals surface area contributed by atoms with Crippen LogP contribution >= 0.6 is 12.4 Å². The second kappa shape index (κ2) is 7.04. The van der Waals surface area contributed by atoms with Crippen molar-refractivity contribution in [1.82, 2.24) is 0 Å². The highest BCUT2D eigenvalue weighted by Gasteiger charge is 1.99. The molecule has 0 aromatic heterocycles. The third-order valence-corrected chi connectivity index (χ3v) is 2.65. The molecule has 2 nitrogen and oxygen atoms in total. The van der Waals surface area contributed by atoms with Crippen molar-refractivity contribution >= 4 is 12.4 Å². The van der Waals surface area contributed by atoms with Gasteiger partial charge in [-0.1, -0.05) is 42.5 Å². The van der Waals surface area contributed by atoms with Crippen LogP contribution in [0.3, 0.4) is 0 Å². The van der Waals surface area contributed by atoms with Gasteiger partial charge in [0.25, 0.3) is 0 Å². The standard InChI is InChI=1S/C15H17NO.ClH/c1-12(16)14-7-9-15(10-8-14)17-11-13-5-3-2-4-6-13;/h2-10,12H,11,16H2,1H3;1H/t12-;/m1./s1. The average Bonchev–Trinajstić information content (AvgIpc) is 2.38. The van der Waals surface area contributed by atoms with Crippen LogP contribution in [0.25, 0.3) is 0 Å². The van der Waals surface area contributed by atoms with E-state index in [0.29, 0.717) is 6.61 Å². The van der Waals surface area contributed by atoms with Crippen LogP contribution < -0.4 is 10.5 Å². The molecule has 0 aliphatic rings. The molecule has 0 aliphatic heterocycles. The molecule has 2 aromatic rings. The minimum atomic E-state index is 0. The average molecular weight is 264 g/mol. The number of hydrogen-bond acceptors (Lipinski definition) is 2. The van der Waals surface area contributed by atoms with Crippen molar-refractivity contribution in [1.29, 1.82) is 0 Å². The number of benzene rings is 2. The van der Waals surface area contributed by atoms with Crippen LogP contribution in [0.4, 0.5) is 0 Å². The minimum Gasteiger partial charge on any atom is -0.489 e. The zero-order chi connectivity index (χ0) is 12.1. The van der Waals surface area contributed by atoms with Gasteiger partial charge >= 0.3 is 0 Å². The van der Waals surface area contributed by atoms with Crippen molar-refractivity contribution < 1.29 is 4.74 Å². The van der Waals surface area contributed by atoms with Crippen molar-refractivity contribution in [3.63, 3.8) is 0 Å². The van der Waals surface area contributed by atoms with Crippen LogP contribution in [0, 0.1) is 0 Å². The first-order chi connectivity index (χ1) is 8.25. The highest BCUT2D eigenvalue weighted by molar-refractivity contribution is 5.85. The maximum atomic E-state index is 5.79. The van der Waals surface area contributed by atoms with Crippen molar-refractivity contribution in [2.75, 3.05) is 0 Å². The summed E-state index contributed by atoms with van der Waals surface area (Å²) in [5.74, 6) is 0.873. The monoisotopic (exact) mass is 263 g/mol. The number of halogens is 1. The summed E-state index contributed by atoms with van der Waals surface area (Å²) in [5, 5.41) is 0. The zero-order valence-corrected chi connectivity index (χ0v) is 11.2. The number of nitrogens with two attached hydrogens (primary N) is 1. The Morgan fingerprint density at radius 1 is 1.00 bits per heavy atom. The molecule has 0 radical (unpaired) electrons. The van der Waals surface area contributed by atoms with E-state index in [1.165, 1.54) is 5.56 Å². The third kappa shape index (κ3) is 4.06. The second-order valence-corrected chi connectivity index (χ2v) is 4.13. The first-order valence-electron chi connectivity index (χ1n) is 5.78. The topological polar surface area (TPSA) is 35.2 Å². The van der Waals surface area contributed by atoms with Gasteiger partial charge in [-0.3, -0.25) is 0 Å². The van der Waals surface area contributed by atoms with E-state index in [-0.39, 0.29) is 18.4 Å². The third-order valence-electron chi connectivity index (χ3n) is 2.65. The van der Waals surface area contributed by atoms with Crippen molar-refractivity contribution in [2.24, 2.45) is 5.73 Å². The molecular formula is C15H18ClNO. The lowest BCUT2D eigenvalue weighted by atomic mass is 10.1. The molecule has 0 bridgehead atoms. The summed E-state index contributed by atoms with van der Waals surface area (Å²) in [5.41, 5.74) is 8.08. The normalized spacial score (nSPS) is 11.4. The first kappa shape index (κ1) is 14.6. The number of ether oxygens (including phenoxy) is 1. The fraction of sp³-hybridized carbons (Fsp3) is 0.200. The van der Waals surface area contributed by atoms with Crippen molar-refractivity contribution in [3.8, 4) is 5.75 Å². The van der Waals surface area contributed by atoms with Crippen LogP contribution in [-0.2, 0) is 6.61 Å². The van der Waals surface area contributed by atoms with Crippen molar-refractivity contribution in [3.05, 3.63) is 65.7 Å². The summed E-state index contributed by atoms with van der Waals surface area (Å²) >= 11 is 0. The number of rotatable bonds is 4. The lowest BCUT2D eigenvalue weighted by Gasteiger charge is -2.09. The molecule has 0 unspecified atom stereocenters. The molecule has 0 heterocycles. The fourth-order valence-electron chi connectivity index (χ4n) is 1.61. The van der Waals surface area contributed by atoms with E-state index in [1.807, 2.05) is 49.4 Å². The van der Waals surface area contributed by atoms with Gasteiger partial charge in [0.1, 0.15) is 12.4 Å². The van der Waals surface area contributed by atoms with E-state index in [1.54, 1.807) is 0 Å². The van der Waals surface area contributed by atoms with E-state index in [2.05, 4.69) is 12.1 Å². The fourth-order valence-corrected chi connectivity index (χ4v) is 1.61. The molecule has 0 spiro atoms. The first-order valence-corrected chi connectivity index (χ1v) is 5.78. The van der Waals surface area contributed by atoms with Crippen LogP contribution in [0.2, 0.25) is 0 Å². The van der Waals surface area contributed by atoms with E-state index < -0.39 is 0 Å². The molecular weight excluding hydrogens is 246 g/mol. The molecule has 18 heavy (non-hydrogen) atoms.